The predicted octanol–water partition coefficient (Wildman–Crippen LogP) is 7.51. The van der Waals surface area contributed by atoms with E-state index in [2.05, 4.69) is 68.4 Å². The second-order valence-corrected chi connectivity index (χ2v) is 7.84. The molecule has 0 aromatic heterocycles. The lowest BCUT2D eigenvalue weighted by Crippen LogP contribution is -2.19. The molecule has 0 aliphatic heterocycles. The van der Waals surface area contributed by atoms with Crippen molar-refractivity contribution in [3.63, 3.8) is 0 Å². The van der Waals surface area contributed by atoms with Crippen LogP contribution in [0.2, 0.25) is 5.02 Å². The summed E-state index contributed by atoms with van der Waals surface area (Å²) in [7, 11) is 0. The Kier molecular flexibility index (Phi) is 6.06. The van der Waals surface area contributed by atoms with E-state index in [9.17, 15) is 0 Å². The molecule has 0 aliphatic carbocycles. The van der Waals surface area contributed by atoms with Crippen LogP contribution in [0.15, 0.2) is 107 Å². The van der Waals surface area contributed by atoms with Gasteiger partial charge in [-0.1, -0.05) is 84.4 Å². The Hall–Kier alpha value is -3.23. The van der Waals surface area contributed by atoms with Crippen LogP contribution >= 0.6 is 11.6 Å². The Morgan fingerprint density at radius 1 is 0.700 bits per heavy atom. The van der Waals surface area contributed by atoms with Crippen molar-refractivity contribution >= 4 is 39.5 Å². The van der Waals surface area contributed by atoms with E-state index < -0.39 is 0 Å². The van der Waals surface area contributed by atoms with Gasteiger partial charge in [0.1, 0.15) is 0 Å². The molecule has 0 N–H and O–H groups in total. The molecule has 0 bridgehead atoms. The maximum Gasteiger partial charge on any atom is 0.0973 e. The first-order valence-corrected chi connectivity index (χ1v) is 10.5. The van der Waals surface area contributed by atoms with Crippen molar-refractivity contribution in [1.82, 2.24) is 0 Å². The third-order valence-corrected chi connectivity index (χ3v) is 5.02. The van der Waals surface area contributed by atoms with Crippen LogP contribution in [-0.2, 0) is 0 Å². The molecule has 4 aromatic carbocycles. The Labute approximate surface area is 182 Å². The highest BCUT2D eigenvalue weighted by Crippen LogP contribution is 2.25. The molecule has 0 unspecified atom stereocenters. The van der Waals surface area contributed by atoms with Crippen LogP contribution in [0.3, 0.4) is 0 Å². The van der Waals surface area contributed by atoms with Crippen molar-refractivity contribution in [3.8, 4) is 0 Å². The fourth-order valence-corrected chi connectivity index (χ4v) is 3.57. The van der Waals surface area contributed by atoms with Gasteiger partial charge in [-0.3, -0.25) is 4.99 Å². The minimum Gasteiger partial charge on any atom is -0.280 e. The Morgan fingerprint density at radius 3 is 2.10 bits per heavy atom. The number of benzene rings is 4. The average Bonchev–Trinajstić information content (AvgIpc) is 2.77. The van der Waals surface area contributed by atoms with Gasteiger partial charge >= 0.3 is 0 Å². The molecule has 4 rings (SSSR count). The van der Waals surface area contributed by atoms with E-state index in [1.807, 2.05) is 42.5 Å². The molecule has 148 valence electrons. The van der Waals surface area contributed by atoms with Gasteiger partial charge < -0.3 is 0 Å². The van der Waals surface area contributed by atoms with Crippen LogP contribution in [0.5, 0.6) is 0 Å². The molecule has 30 heavy (non-hydrogen) atoms. The van der Waals surface area contributed by atoms with Gasteiger partial charge in [-0.05, 0) is 48.9 Å². The summed E-state index contributed by atoms with van der Waals surface area (Å²) < 4.78 is 0. The van der Waals surface area contributed by atoms with Crippen LogP contribution < -0.4 is 0 Å². The minimum absolute atomic E-state index is 0.130. The zero-order valence-electron chi connectivity index (χ0n) is 17.1. The van der Waals surface area contributed by atoms with Crippen LogP contribution in [0.1, 0.15) is 25.0 Å². The summed E-state index contributed by atoms with van der Waals surface area (Å²) in [6.07, 6.45) is 0. The lowest BCUT2D eigenvalue weighted by atomic mass is 9.94. The molecule has 0 spiro atoms. The topological polar surface area (TPSA) is 24.7 Å². The highest BCUT2D eigenvalue weighted by atomic mass is 35.5. The number of rotatable bonds is 5. The van der Waals surface area contributed by atoms with Gasteiger partial charge in [-0.25, -0.2) is 4.99 Å². The molecule has 3 heteroatoms. The first kappa shape index (κ1) is 20.1. The third-order valence-electron chi connectivity index (χ3n) is 4.77. The van der Waals surface area contributed by atoms with Crippen LogP contribution in [0.4, 0.5) is 5.69 Å². The molecular weight excluding hydrogens is 388 g/mol. The van der Waals surface area contributed by atoms with Gasteiger partial charge in [0.05, 0.1) is 17.1 Å². The lowest BCUT2D eigenvalue weighted by Gasteiger charge is -2.15. The second kappa shape index (κ2) is 9.06. The molecule has 0 saturated carbocycles. The number of hydrogen-bond donors (Lipinski definition) is 0. The highest BCUT2D eigenvalue weighted by molar-refractivity contribution is 6.55. The van der Waals surface area contributed by atoms with E-state index in [-0.39, 0.29) is 6.04 Å². The normalized spacial score (nSPS) is 12.5. The summed E-state index contributed by atoms with van der Waals surface area (Å²) in [6.45, 7) is 4.18. The van der Waals surface area contributed by atoms with E-state index in [0.29, 0.717) is 5.02 Å². The number of nitrogens with zero attached hydrogens (tertiary/aromatic N) is 2. The van der Waals surface area contributed by atoms with E-state index in [4.69, 9.17) is 21.6 Å². The Balaban J connectivity index is 2.01. The summed E-state index contributed by atoms with van der Waals surface area (Å²) in [5.74, 6) is 0. The number of aliphatic imine (C=N–C) groups is 2. The van der Waals surface area contributed by atoms with E-state index in [0.717, 1.165) is 33.6 Å². The smallest absolute Gasteiger partial charge is 0.0973 e. The summed E-state index contributed by atoms with van der Waals surface area (Å²) in [5.41, 5.74) is 4.69. The second-order valence-electron chi connectivity index (χ2n) is 7.40. The fourth-order valence-electron chi connectivity index (χ4n) is 3.44. The standard InChI is InChI=1S/C27H23ClN2/c1-19(2)29-26(21-10-4-3-5-11-21)27(30-23-17-15-22(28)16-18-23)25-14-8-12-20-9-6-7-13-24(20)25/h3-19H,1-2H3. The minimum atomic E-state index is 0.130. The van der Waals surface area contributed by atoms with Gasteiger partial charge in [0, 0.05) is 22.2 Å². The van der Waals surface area contributed by atoms with Crippen molar-refractivity contribution in [2.45, 2.75) is 19.9 Å². The summed E-state index contributed by atoms with van der Waals surface area (Å²) in [5, 5.41) is 3.02. The molecule has 0 saturated heterocycles. The maximum absolute atomic E-state index is 6.10. The molecule has 0 heterocycles. The molecule has 0 radical (unpaired) electrons. The quantitative estimate of drug-likeness (QED) is 0.304. The number of halogens is 1. The number of fused-ring (bicyclic) bond motifs is 1. The summed E-state index contributed by atoms with van der Waals surface area (Å²) in [4.78, 5) is 10.1. The molecular formula is C27H23ClN2. The highest BCUT2D eigenvalue weighted by Gasteiger charge is 2.17. The first-order chi connectivity index (χ1) is 14.6. The van der Waals surface area contributed by atoms with Crippen LogP contribution in [-0.4, -0.2) is 17.5 Å². The lowest BCUT2D eigenvalue weighted by molar-refractivity contribution is 0.838. The van der Waals surface area contributed by atoms with Gasteiger partial charge in [-0.15, -0.1) is 0 Å². The van der Waals surface area contributed by atoms with Gasteiger partial charge in [0.2, 0.25) is 0 Å². The van der Waals surface area contributed by atoms with Crippen LogP contribution in [0.25, 0.3) is 10.8 Å². The SMILES string of the molecule is CC(C)N=C(C(=Nc1ccc(Cl)cc1)c1cccc2ccccc12)c1ccccc1. The molecule has 0 atom stereocenters. The van der Waals surface area contributed by atoms with Gasteiger partial charge in [-0.2, -0.15) is 0 Å². The average molecular weight is 411 g/mol. The molecule has 2 nitrogen and oxygen atoms in total. The molecule has 4 aromatic rings. The Bertz CT molecular complexity index is 1200. The predicted molar refractivity (Wildman–Crippen MR) is 130 cm³/mol. The van der Waals surface area contributed by atoms with Crippen molar-refractivity contribution < 1.29 is 0 Å². The summed E-state index contributed by atoms with van der Waals surface area (Å²) >= 11 is 6.10. The van der Waals surface area contributed by atoms with Gasteiger partial charge in [0.25, 0.3) is 0 Å². The molecule has 0 aliphatic rings. The molecule has 0 fully saturated rings. The van der Waals surface area contributed by atoms with Crippen molar-refractivity contribution in [2.24, 2.45) is 9.98 Å². The monoisotopic (exact) mass is 410 g/mol. The van der Waals surface area contributed by atoms with Crippen LogP contribution in [0, 0.1) is 0 Å². The zero-order valence-corrected chi connectivity index (χ0v) is 17.8. The van der Waals surface area contributed by atoms with E-state index >= 15 is 0 Å². The van der Waals surface area contributed by atoms with E-state index in [1.165, 1.54) is 5.39 Å². The van der Waals surface area contributed by atoms with Crippen molar-refractivity contribution in [1.29, 1.82) is 0 Å². The number of hydrogen-bond acceptors (Lipinski definition) is 2. The fraction of sp³-hybridized carbons (Fsp3) is 0.111. The third kappa shape index (κ3) is 4.50. The maximum atomic E-state index is 6.10. The van der Waals surface area contributed by atoms with Crippen molar-refractivity contribution in [2.75, 3.05) is 0 Å². The molecule has 0 amide bonds. The largest absolute Gasteiger partial charge is 0.280 e. The Morgan fingerprint density at radius 2 is 1.37 bits per heavy atom. The van der Waals surface area contributed by atoms with Gasteiger partial charge in [0.15, 0.2) is 0 Å². The summed E-state index contributed by atoms with van der Waals surface area (Å²) in [6, 6.07) is 32.7. The zero-order chi connectivity index (χ0) is 20.9. The first-order valence-electron chi connectivity index (χ1n) is 10.1. The van der Waals surface area contributed by atoms with Crippen molar-refractivity contribution in [3.05, 3.63) is 113 Å². The van der Waals surface area contributed by atoms with E-state index in [1.54, 1.807) is 0 Å².